The van der Waals surface area contributed by atoms with Crippen LogP contribution >= 0.6 is 0 Å². The third-order valence-corrected chi connectivity index (χ3v) is 2.82. The number of aromatic nitrogens is 1. The zero-order valence-electron chi connectivity index (χ0n) is 11.7. The average Bonchev–Trinajstić information content (AvgIpc) is 2.35. The maximum absolute atomic E-state index is 6.15. The Morgan fingerprint density at radius 2 is 1.94 bits per heavy atom. The molecule has 0 saturated carbocycles. The first-order valence-electron chi connectivity index (χ1n) is 6.43. The van der Waals surface area contributed by atoms with Gasteiger partial charge in [0.05, 0.1) is 18.4 Å². The summed E-state index contributed by atoms with van der Waals surface area (Å²) in [5.41, 5.74) is 7.16. The van der Waals surface area contributed by atoms with Crippen molar-refractivity contribution >= 4 is 0 Å². The number of nitrogens with two attached hydrogens (primary N) is 1. The summed E-state index contributed by atoms with van der Waals surface area (Å²) in [6.45, 7) is 6.03. The normalized spacial score (nSPS) is 14.6. The van der Waals surface area contributed by atoms with Gasteiger partial charge < -0.3 is 15.2 Å². The summed E-state index contributed by atoms with van der Waals surface area (Å²) in [6, 6.07) is 1.95. The summed E-state index contributed by atoms with van der Waals surface area (Å²) < 4.78 is 10.8. The van der Waals surface area contributed by atoms with Crippen molar-refractivity contribution in [3.63, 3.8) is 0 Å². The van der Waals surface area contributed by atoms with Gasteiger partial charge in [-0.1, -0.05) is 0 Å². The first-order chi connectivity index (χ1) is 8.52. The van der Waals surface area contributed by atoms with Crippen LogP contribution in [0.5, 0.6) is 5.75 Å². The monoisotopic (exact) mass is 252 g/mol. The first-order valence-corrected chi connectivity index (χ1v) is 6.43. The summed E-state index contributed by atoms with van der Waals surface area (Å²) in [4.78, 5) is 4.17. The molecule has 0 aromatic carbocycles. The fourth-order valence-corrected chi connectivity index (χ4v) is 1.67. The Hall–Kier alpha value is -1.13. The second-order valence-electron chi connectivity index (χ2n) is 4.85. The lowest BCUT2D eigenvalue weighted by atomic mass is 10.0. The van der Waals surface area contributed by atoms with Crippen molar-refractivity contribution in [3.05, 3.63) is 24.0 Å². The SMILES string of the molecule is COC(C)CCC(N)c1cncc(OC(C)C)c1. The van der Waals surface area contributed by atoms with Gasteiger partial charge in [-0.15, -0.1) is 0 Å². The van der Waals surface area contributed by atoms with Gasteiger partial charge in [0.1, 0.15) is 5.75 Å². The number of pyridine rings is 1. The summed E-state index contributed by atoms with van der Waals surface area (Å²) in [5, 5.41) is 0. The van der Waals surface area contributed by atoms with Crippen LogP contribution in [0.1, 0.15) is 45.2 Å². The van der Waals surface area contributed by atoms with Gasteiger partial charge in [0.25, 0.3) is 0 Å². The van der Waals surface area contributed by atoms with E-state index < -0.39 is 0 Å². The molecule has 0 aliphatic rings. The van der Waals surface area contributed by atoms with Crippen molar-refractivity contribution in [1.82, 2.24) is 4.98 Å². The number of methoxy groups -OCH3 is 1. The van der Waals surface area contributed by atoms with Crippen LogP contribution in [-0.4, -0.2) is 24.3 Å². The van der Waals surface area contributed by atoms with Crippen LogP contribution in [0.3, 0.4) is 0 Å². The van der Waals surface area contributed by atoms with Crippen LogP contribution in [0.4, 0.5) is 0 Å². The van der Waals surface area contributed by atoms with E-state index in [1.165, 1.54) is 0 Å². The predicted molar refractivity (Wildman–Crippen MR) is 72.6 cm³/mol. The van der Waals surface area contributed by atoms with Gasteiger partial charge in [0.15, 0.2) is 0 Å². The van der Waals surface area contributed by atoms with Gasteiger partial charge in [0.2, 0.25) is 0 Å². The summed E-state index contributed by atoms with van der Waals surface area (Å²) in [6.07, 6.45) is 5.71. The van der Waals surface area contributed by atoms with Gasteiger partial charge in [-0.05, 0) is 45.2 Å². The molecule has 1 aromatic rings. The quantitative estimate of drug-likeness (QED) is 0.810. The highest BCUT2D eigenvalue weighted by atomic mass is 16.5. The largest absolute Gasteiger partial charge is 0.489 e. The minimum Gasteiger partial charge on any atom is -0.489 e. The molecule has 4 nitrogen and oxygen atoms in total. The third kappa shape index (κ3) is 5.02. The molecule has 0 aliphatic heterocycles. The van der Waals surface area contributed by atoms with E-state index in [0.29, 0.717) is 0 Å². The van der Waals surface area contributed by atoms with Crippen LogP contribution in [0.25, 0.3) is 0 Å². The van der Waals surface area contributed by atoms with E-state index in [2.05, 4.69) is 4.98 Å². The zero-order chi connectivity index (χ0) is 13.5. The Bertz CT molecular complexity index is 355. The number of nitrogens with zero attached hydrogens (tertiary/aromatic N) is 1. The molecule has 0 radical (unpaired) electrons. The lowest BCUT2D eigenvalue weighted by Crippen LogP contribution is -2.15. The van der Waals surface area contributed by atoms with E-state index in [0.717, 1.165) is 24.2 Å². The lowest BCUT2D eigenvalue weighted by molar-refractivity contribution is 0.107. The van der Waals surface area contributed by atoms with E-state index in [4.69, 9.17) is 15.2 Å². The molecule has 0 aliphatic carbocycles. The molecule has 2 atom stereocenters. The smallest absolute Gasteiger partial charge is 0.138 e. The molecule has 1 rings (SSSR count). The molecule has 2 unspecified atom stereocenters. The van der Waals surface area contributed by atoms with Gasteiger partial charge in [-0.25, -0.2) is 0 Å². The molecule has 102 valence electrons. The van der Waals surface area contributed by atoms with E-state index in [1.54, 1.807) is 19.5 Å². The highest BCUT2D eigenvalue weighted by Crippen LogP contribution is 2.21. The maximum atomic E-state index is 6.15. The summed E-state index contributed by atoms with van der Waals surface area (Å²) in [7, 11) is 1.72. The Labute approximate surface area is 110 Å². The van der Waals surface area contributed by atoms with Crippen molar-refractivity contribution in [1.29, 1.82) is 0 Å². The molecule has 0 bridgehead atoms. The van der Waals surface area contributed by atoms with E-state index >= 15 is 0 Å². The van der Waals surface area contributed by atoms with Crippen molar-refractivity contribution < 1.29 is 9.47 Å². The summed E-state index contributed by atoms with van der Waals surface area (Å²) in [5.74, 6) is 0.776. The predicted octanol–water partition coefficient (Wildman–Crippen LogP) is 2.68. The molecule has 2 N–H and O–H groups in total. The number of hydrogen-bond donors (Lipinski definition) is 1. The molecule has 1 aromatic heterocycles. The fraction of sp³-hybridized carbons (Fsp3) is 0.643. The molecule has 0 saturated heterocycles. The second-order valence-corrected chi connectivity index (χ2v) is 4.85. The topological polar surface area (TPSA) is 57.4 Å². The molecule has 0 fully saturated rings. The molecule has 18 heavy (non-hydrogen) atoms. The first kappa shape index (κ1) is 14.9. The van der Waals surface area contributed by atoms with Crippen molar-refractivity contribution in [3.8, 4) is 5.75 Å². The van der Waals surface area contributed by atoms with Crippen LogP contribution in [0.2, 0.25) is 0 Å². The Morgan fingerprint density at radius 3 is 2.56 bits per heavy atom. The summed E-state index contributed by atoms with van der Waals surface area (Å²) >= 11 is 0. The van der Waals surface area contributed by atoms with Crippen LogP contribution in [0, 0.1) is 0 Å². The number of rotatable bonds is 7. The van der Waals surface area contributed by atoms with Crippen molar-refractivity contribution in [2.24, 2.45) is 5.73 Å². The molecule has 1 heterocycles. The second kappa shape index (κ2) is 7.34. The molecular weight excluding hydrogens is 228 g/mol. The third-order valence-electron chi connectivity index (χ3n) is 2.82. The van der Waals surface area contributed by atoms with Crippen LogP contribution in [0.15, 0.2) is 18.5 Å². The van der Waals surface area contributed by atoms with E-state index in [1.807, 2.05) is 26.8 Å². The maximum Gasteiger partial charge on any atom is 0.138 e. The van der Waals surface area contributed by atoms with E-state index in [9.17, 15) is 0 Å². The van der Waals surface area contributed by atoms with Gasteiger partial charge in [-0.3, -0.25) is 4.98 Å². The Morgan fingerprint density at radius 1 is 1.22 bits per heavy atom. The standard InChI is InChI=1S/C14H24N2O2/c1-10(2)18-13-7-12(8-16-9-13)14(15)6-5-11(3)17-4/h7-11,14H,5-6,15H2,1-4H3. The number of ether oxygens (including phenoxy) is 2. The highest BCUT2D eigenvalue weighted by molar-refractivity contribution is 5.25. The lowest BCUT2D eigenvalue weighted by Gasteiger charge is -2.16. The van der Waals surface area contributed by atoms with Gasteiger partial charge in [0, 0.05) is 19.3 Å². The Kier molecular flexibility index (Phi) is 6.09. The van der Waals surface area contributed by atoms with Crippen LogP contribution < -0.4 is 10.5 Å². The van der Waals surface area contributed by atoms with Crippen molar-refractivity contribution in [2.75, 3.05) is 7.11 Å². The molecule has 4 heteroatoms. The fourth-order valence-electron chi connectivity index (χ4n) is 1.67. The Balaban J connectivity index is 2.59. The number of hydrogen-bond acceptors (Lipinski definition) is 4. The van der Waals surface area contributed by atoms with Crippen LogP contribution in [-0.2, 0) is 4.74 Å². The average molecular weight is 252 g/mol. The minimum absolute atomic E-state index is 0.0224. The molecule has 0 amide bonds. The highest BCUT2D eigenvalue weighted by Gasteiger charge is 2.10. The van der Waals surface area contributed by atoms with Gasteiger partial charge in [-0.2, -0.15) is 0 Å². The van der Waals surface area contributed by atoms with E-state index in [-0.39, 0.29) is 18.2 Å². The zero-order valence-corrected chi connectivity index (χ0v) is 11.7. The molecular formula is C14H24N2O2. The van der Waals surface area contributed by atoms with Gasteiger partial charge >= 0.3 is 0 Å². The molecule has 0 spiro atoms. The minimum atomic E-state index is -0.0224. The van der Waals surface area contributed by atoms with Crippen molar-refractivity contribution in [2.45, 2.75) is 51.9 Å².